The van der Waals surface area contributed by atoms with E-state index in [2.05, 4.69) is 27.0 Å². The summed E-state index contributed by atoms with van der Waals surface area (Å²) < 4.78 is 16.1. The smallest absolute Gasteiger partial charge is 0.238 e. The lowest BCUT2D eigenvalue weighted by molar-refractivity contribution is -0.124. The Kier molecular flexibility index (Phi) is 5.56. The van der Waals surface area contributed by atoms with Crippen LogP contribution in [0, 0.1) is 23.1 Å². The number of hydrogen-bond donors (Lipinski definition) is 3. The van der Waals surface area contributed by atoms with Crippen LogP contribution in [0.15, 0.2) is 24.4 Å². The first-order valence-electron chi connectivity index (χ1n) is 9.93. The average Bonchev–Trinajstić information content (AvgIpc) is 3.46. The van der Waals surface area contributed by atoms with Gasteiger partial charge in [-0.1, -0.05) is 11.3 Å². The van der Waals surface area contributed by atoms with Gasteiger partial charge in [-0.25, -0.2) is 9.07 Å². The van der Waals surface area contributed by atoms with Crippen molar-refractivity contribution in [2.24, 2.45) is 11.7 Å². The highest BCUT2D eigenvalue weighted by Crippen LogP contribution is 2.35. The summed E-state index contributed by atoms with van der Waals surface area (Å²) >= 11 is 0. The van der Waals surface area contributed by atoms with Crippen LogP contribution >= 0.6 is 0 Å². The summed E-state index contributed by atoms with van der Waals surface area (Å²) in [6, 6.07) is 6.13. The lowest BCUT2D eigenvalue weighted by atomic mass is 9.98. The zero-order valence-corrected chi connectivity index (χ0v) is 16.0. The maximum absolute atomic E-state index is 14.6. The van der Waals surface area contributed by atoms with Crippen LogP contribution in [0.3, 0.4) is 0 Å². The highest BCUT2D eigenvalue weighted by molar-refractivity contribution is 5.83. The molecule has 8 nitrogen and oxygen atoms in total. The van der Waals surface area contributed by atoms with Gasteiger partial charge in [0.25, 0.3) is 0 Å². The maximum Gasteiger partial charge on any atom is 0.238 e. The van der Waals surface area contributed by atoms with E-state index in [1.165, 1.54) is 10.7 Å². The molecular formula is C20H24FN7O. The van der Waals surface area contributed by atoms with E-state index >= 15 is 0 Å². The molecule has 1 aliphatic heterocycles. The van der Waals surface area contributed by atoms with Crippen molar-refractivity contribution in [2.75, 3.05) is 6.54 Å². The van der Waals surface area contributed by atoms with E-state index < -0.39 is 11.9 Å². The summed E-state index contributed by atoms with van der Waals surface area (Å²) in [4.78, 5) is 12.5. The van der Waals surface area contributed by atoms with Gasteiger partial charge in [0, 0.05) is 18.9 Å². The van der Waals surface area contributed by atoms with Gasteiger partial charge in [-0.2, -0.15) is 5.26 Å². The molecule has 2 aliphatic rings. The molecule has 2 aromatic rings. The highest BCUT2D eigenvalue weighted by atomic mass is 19.1. The molecule has 152 valence electrons. The second-order valence-electron chi connectivity index (χ2n) is 7.78. The number of nitriles is 1. The minimum atomic E-state index is -0.786. The minimum absolute atomic E-state index is 0.102. The van der Waals surface area contributed by atoms with Gasteiger partial charge in [0.1, 0.15) is 11.9 Å². The van der Waals surface area contributed by atoms with Gasteiger partial charge < -0.3 is 16.4 Å². The molecule has 2 heterocycles. The van der Waals surface area contributed by atoms with Gasteiger partial charge >= 0.3 is 0 Å². The quantitative estimate of drug-likeness (QED) is 0.629. The number of nitrogens with one attached hydrogen (secondary N) is 2. The van der Waals surface area contributed by atoms with Crippen molar-refractivity contribution in [3.8, 4) is 11.8 Å². The van der Waals surface area contributed by atoms with E-state index in [0.29, 0.717) is 36.2 Å². The number of carbonyl (C=O) groups is 1. The number of halogens is 1. The fourth-order valence-corrected chi connectivity index (χ4v) is 4.29. The Bertz CT molecular complexity index is 937. The van der Waals surface area contributed by atoms with Crippen LogP contribution in [-0.4, -0.2) is 45.6 Å². The molecule has 0 radical (unpaired) electrons. The number of rotatable bonds is 7. The fourth-order valence-electron chi connectivity index (χ4n) is 4.29. The Morgan fingerprint density at radius 3 is 3.00 bits per heavy atom. The Morgan fingerprint density at radius 1 is 1.48 bits per heavy atom. The van der Waals surface area contributed by atoms with Crippen molar-refractivity contribution in [3.05, 3.63) is 41.5 Å². The number of hydrogen-bond acceptors (Lipinski definition) is 6. The van der Waals surface area contributed by atoms with Gasteiger partial charge in [-0.3, -0.25) is 4.79 Å². The van der Waals surface area contributed by atoms with Crippen LogP contribution in [0.1, 0.15) is 30.5 Å². The number of amides is 1. The topological polar surface area (TPSA) is 122 Å². The third-order valence-corrected chi connectivity index (χ3v) is 5.78. The molecule has 1 saturated carbocycles. The molecule has 4 rings (SSSR count). The molecule has 0 spiro atoms. The predicted molar refractivity (Wildman–Crippen MR) is 103 cm³/mol. The van der Waals surface area contributed by atoms with Gasteiger partial charge in [0.05, 0.1) is 29.7 Å². The van der Waals surface area contributed by atoms with Crippen LogP contribution in [0.4, 0.5) is 4.39 Å². The molecule has 1 saturated heterocycles. The fraction of sp³-hybridized carbons (Fsp3) is 0.500. The van der Waals surface area contributed by atoms with Crippen molar-refractivity contribution >= 4 is 5.91 Å². The van der Waals surface area contributed by atoms with Gasteiger partial charge in [-0.05, 0) is 49.4 Å². The molecule has 4 N–H and O–H groups in total. The average molecular weight is 397 g/mol. The first-order chi connectivity index (χ1) is 14.1. The van der Waals surface area contributed by atoms with E-state index in [-0.39, 0.29) is 18.4 Å². The first kappa shape index (κ1) is 19.5. The van der Waals surface area contributed by atoms with E-state index in [1.54, 1.807) is 18.3 Å². The number of nitrogens with two attached hydrogens (primary N) is 1. The summed E-state index contributed by atoms with van der Waals surface area (Å²) in [7, 11) is 0. The van der Waals surface area contributed by atoms with Crippen molar-refractivity contribution in [1.82, 2.24) is 25.6 Å². The van der Waals surface area contributed by atoms with Crippen LogP contribution in [0.2, 0.25) is 0 Å². The van der Waals surface area contributed by atoms with Crippen LogP contribution in [0.25, 0.3) is 5.69 Å². The molecule has 1 aromatic carbocycles. The Balaban J connectivity index is 1.41. The lowest BCUT2D eigenvalue weighted by Gasteiger charge is -2.23. The SMILES string of the molecule is N#CC(Cc1ccc(-n2cc(CCN)nn2)cc1F)NC(=O)C1NC2CCC1C2. The molecular weight excluding hydrogens is 373 g/mol. The number of piperidine rings is 1. The number of carbonyl (C=O) groups excluding carboxylic acids is 1. The van der Waals surface area contributed by atoms with Crippen molar-refractivity contribution in [3.63, 3.8) is 0 Å². The highest BCUT2D eigenvalue weighted by Gasteiger charge is 2.43. The molecule has 2 fully saturated rings. The van der Waals surface area contributed by atoms with Crippen molar-refractivity contribution in [2.45, 2.75) is 50.2 Å². The zero-order chi connectivity index (χ0) is 20.4. The predicted octanol–water partition coefficient (Wildman–Crippen LogP) is 0.599. The number of fused-ring (bicyclic) bond motifs is 2. The summed E-state index contributed by atoms with van der Waals surface area (Å²) in [5.74, 6) is -0.288. The zero-order valence-electron chi connectivity index (χ0n) is 16.0. The second-order valence-corrected chi connectivity index (χ2v) is 7.78. The third-order valence-electron chi connectivity index (χ3n) is 5.78. The van der Waals surface area contributed by atoms with Gasteiger partial charge in [0.2, 0.25) is 5.91 Å². The normalized spacial score (nSPS) is 23.7. The maximum atomic E-state index is 14.6. The monoisotopic (exact) mass is 397 g/mol. The van der Waals surface area contributed by atoms with E-state index in [4.69, 9.17) is 5.73 Å². The van der Waals surface area contributed by atoms with Crippen LogP contribution in [0.5, 0.6) is 0 Å². The largest absolute Gasteiger partial charge is 0.339 e. The first-order valence-corrected chi connectivity index (χ1v) is 9.93. The number of benzene rings is 1. The van der Waals surface area contributed by atoms with Crippen LogP contribution < -0.4 is 16.4 Å². The Labute approximate surface area is 168 Å². The molecule has 9 heteroatoms. The summed E-state index contributed by atoms with van der Waals surface area (Å²) in [6.07, 6.45) is 5.57. The van der Waals surface area contributed by atoms with E-state index in [1.807, 2.05) is 0 Å². The Morgan fingerprint density at radius 2 is 2.34 bits per heavy atom. The summed E-state index contributed by atoms with van der Waals surface area (Å²) in [5.41, 5.74) is 7.14. The van der Waals surface area contributed by atoms with E-state index in [0.717, 1.165) is 25.0 Å². The molecule has 4 atom stereocenters. The van der Waals surface area contributed by atoms with Crippen molar-refractivity contribution < 1.29 is 9.18 Å². The lowest BCUT2D eigenvalue weighted by Crippen LogP contribution is -2.50. The minimum Gasteiger partial charge on any atom is -0.339 e. The molecule has 29 heavy (non-hydrogen) atoms. The third kappa shape index (κ3) is 4.13. The second kappa shape index (κ2) is 8.27. The molecule has 1 aliphatic carbocycles. The van der Waals surface area contributed by atoms with Gasteiger partial charge in [-0.15, -0.1) is 5.10 Å². The van der Waals surface area contributed by atoms with Gasteiger partial charge in [0.15, 0.2) is 0 Å². The van der Waals surface area contributed by atoms with Crippen LogP contribution in [-0.2, 0) is 17.6 Å². The standard InChI is InChI=1S/C20H24FN7O/c21-18-9-17(28-11-15(5-6-22)26-27-28)4-2-12(18)7-16(10-23)25-20(29)19-13-1-3-14(8-13)24-19/h2,4,9,11,13-14,16,19,24H,1,3,5-8,22H2,(H,25,29). The molecule has 2 bridgehead atoms. The number of aromatic nitrogens is 3. The molecule has 1 aromatic heterocycles. The van der Waals surface area contributed by atoms with Crippen molar-refractivity contribution in [1.29, 1.82) is 5.26 Å². The molecule has 4 unspecified atom stereocenters. The van der Waals surface area contributed by atoms with E-state index in [9.17, 15) is 14.4 Å². The molecule has 1 amide bonds. The summed E-state index contributed by atoms with van der Waals surface area (Å²) in [6.45, 7) is 0.463. The summed E-state index contributed by atoms with van der Waals surface area (Å²) in [5, 5.41) is 23.5. The Hall–Kier alpha value is -2.83. The number of nitrogens with zero attached hydrogens (tertiary/aromatic N) is 4.